The third kappa shape index (κ3) is 3.54. The monoisotopic (exact) mass is 406 g/mol. The number of nitrogens with one attached hydrogen (secondary N) is 2. The van der Waals surface area contributed by atoms with Crippen molar-refractivity contribution in [2.75, 3.05) is 43.1 Å². The lowest BCUT2D eigenvalue weighted by Gasteiger charge is -2.30. The van der Waals surface area contributed by atoms with Crippen LogP contribution in [-0.2, 0) is 14.3 Å². The highest BCUT2D eigenvalue weighted by atomic mass is 35.5. The van der Waals surface area contributed by atoms with Gasteiger partial charge in [-0.25, -0.2) is 4.79 Å². The molecule has 1 saturated carbocycles. The first-order chi connectivity index (χ1) is 13.4. The predicted molar refractivity (Wildman–Crippen MR) is 104 cm³/mol. The molecule has 2 aliphatic heterocycles. The molecule has 4 rings (SSSR count). The van der Waals surface area contributed by atoms with Gasteiger partial charge in [-0.15, -0.1) is 0 Å². The third-order valence-corrected chi connectivity index (χ3v) is 5.82. The number of amides is 4. The number of hydrogen-bond acceptors (Lipinski definition) is 5. The number of carbonyl (C=O) groups excluding carboxylic acids is 3. The van der Waals surface area contributed by atoms with Gasteiger partial charge in [-0.05, 0) is 43.9 Å². The van der Waals surface area contributed by atoms with Gasteiger partial charge in [0.1, 0.15) is 12.1 Å². The van der Waals surface area contributed by atoms with Crippen molar-refractivity contribution in [3.63, 3.8) is 0 Å². The maximum absolute atomic E-state index is 12.7. The Kier molecular flexibility index (Phi) is 4.93. The summed E-state index contributed by atoms with van der Waals surface area (Å²) >= 11 is 6.11. The summed E-state index contributed by atoms with van der Waals surface area (Å²) in [5.41, 5.74) is 0.490. The summed E-state index contributed by atoms with van der Waals surface area (Å²) < 4.78 is 5.38. The molecule has 28 heavy (non-hydrogen) atoms. The fourth-order valence-corrected chi connectivity index (χ4v) is 3.99. The van der Waals surface area contributed by atoms with Crippen LogP contribution in [0.1, 0.15) is 19.8 Å². The first-order valence-electron chi connectivity index (χ1n) is 9.44. The highest BCUT2D eigenvalue weighted by Crippen LogP contribution is 2.42. The van der Waals surface area contributed by atoms with E-state index in [2.05, 4.69) is 15.5 Å². The van der Waals surface area contributed by atoms with E-state index in [-0.39, 0.29) is 18.4 Å². The van der Waals surface area contributed by atoms with Crippen LogP contribution < -0.4 is 15.5 Å². The number of benzene rings is 1. The zero-order valence-electron chi connectivity index (χ0n) is 15.7. The molecule has 0 radical (unpaired) electrons. The zero-order chi connectivity index (χ0) is 19.9. The Hall–Kier alpha value is -2.32. The number of morpholine rings is 1. The predicted octanol–water partition coefficient (Wildman–Crippen LogP) is 1.84. The molecule has 0 spiro atoms. The highest BCUT2D eigenvalue weighted by Gasteiger charge is 2.56. The van der Waals surface area contributed by atoms with Crippen molar-refractivity contribution in [1.29, 1.82) is 0 Å². The smallest absolute Gasteiger partial charge is 0.325 e. The number of rotatable bonds is 5. The average molecular weight is 407 g/mol. The van der Waals surface area contributed by atoms with E-state index in [0.29, 0.717) is 37.0 Å². The minimum absolute atomic E-state index is 0.151. The fourth-order valence-electron chi connectivity index (χ4n) is 3.82. The molecule has 1 atom stereocenters. The van der Waals surface area contributed by atoms with Gasteiger partial charge in [-0.1, -0.05) is 11.6 Å². The number of anilines is 2. The summed E-state index contributed by atoms with van der Waals surface area (Å²) in [5.74, 6) is -0.632. The molecule has 2 saturated heterocycles. The molecule has 3 aliphatic rings. The van der Waals surface area contributed by atoms with E-state index in [0.717, 1.165) is 23.4 Å². The average Bonchev–Trinajstić information content (AvgIpc) is 3.49. The molecular weight excluding hydrogens is 384 g/mol. The summed E-state index contributed by atoms with van der Waals surface area (Å²) in [7, 11) is 0. The van der Waals surface area contributed by atoms with Gasteiger partial charge in [-0.3, -0.25) is 14.5 Å². The number of imide groups is 1. The quantitative estimate of drug-likeness (QED) is 0.728. The molecule has 0 unspecified atom stereocenters. The Labute approximate surface area is 168 Å². The standard InChI is InChI=1S/C19H23ClN4O4/c1-19(12-2-3-12)17(26)24(18(27)22-19)11-16(25)21-14-10-13(20)4-5-15(14)23-6-8-28-9-7-23/h4-5,10,12H,2-3,6-9,11H2,1H3,(H,21,25)(H,22,27)/t19-/m0/s1. The SMILES string of the molecule is C[C@@]1(C2CC2)NC(=O)N(CC(=O)Nc2cc(Cl)ccc2N2CCOCC2)C1=O. The molecule has 2 heterocycles. The molecule has 8 nitrogen and oxygen atoms in total. The van der Waals surface area contributed by atoms with Gasteiger partial charge >= 0.3 is 6.03 Å². The number of ether oxygens (including phenoxy) is 1. The summed E-state index contributed by atoms with van der Waals surface area (Å²) in [6.45, 7) is 4.03. The summed E-state index contributed by atoms with van der Waals surface area (Å²) in [6, 6.07) is 4.76. The van der Waals surface area contributed by atoms with E-state index in [1.54, 1.807) is 19.1 Å². The Morgan fingerprint density at radius 2 is 2.04 bits per heavy atom. The van der Waals surface area contributed by atoms with Gasteiger partial charge in [0, 0.05) is 18.1 Å². The molecule has 2 N–H and O–H groups in total. The van der Waals surface area contributed by atoms with Crippen molar-refractivity contribution in [2.24, 2.45) is 5.92 Å². The van der Waals surface area contributed by atoms with Crippen LogP contribution in [0.5, 0.6) is 0 Å². The van der Waals surface area contributed by atoms with Crippen LogP contribution in [0.2, 0.25) is 5.02 Å². The van der Waals surface area contributed by atoms with Crippen LogP contribution in [0.25, 0.3) is 0 Å². The number of hydrogen-bond donors (Lipinski definition) is 2. The number of halogens is 1. The Morgan fingerprint density at radius 3 is 2.71 bits per heavy atom. The minimum atomic E-state index is -0.896. The molecule has 1 aromatic carbocycles. The van der Waals surface area contributed by atoms with Crippen molar-refractivity contribution in [3.8, 4) is 0 Å². The van der Waals surface area contributed by atoms with E-state index >= 15 is 0 Å². The summed E-state index contributed by atoms with van der Waals surface area (Å²) in [6.07, 6.45) is 1.82. The van der Waals surface area contributed by atoms with Crippen molar-refractivity contribution in [3.05, 3.63) is 23.2 Å². The second-order valence-corrected chi connectivity index (χ2v) is 8.04. The lowest BCUT2D eigenvalue weighted by atomic mass is 9.96. The Balaban J connectivity index is 1.47. The lowest BCUT2D eigenvalue weighted by molar-refractivity contribution is -0.134. The number of carbonyl (C=O) groups is 3. The molecule has 3 fully saturated rings. The van der Waals surface area contributed by atoms with Crippen molar-refractivity contribution in [2.45, 2.75) is 25.3 Å². The molecule has 1 aromatic rings. The minimum Gasteiger partial charge on any atom is -0.378 e. The van der Waals surface area contributed by atoms with Crippen LogP contribution in [0.4, 0.5) is 16.2 Å². The van der Waals surface area contributed by atoms with E-state index in [1.807, 2.05) is 6.07 Å². The maximum atomic E-state index is 12.7. The molecule has 150 valence electrons. The number of nitrogens with zero attached hydrogens (tertiary/aromatic N) is 2. The van der Waals surface area contributed by atoms with E-state index in [9.17, 15) is 14.4 Å². The van der Waals surface area contributed by atoms with Gasteiger partial charge in [-0.2, -0.15) is 0 Å². The van der Waals surface area contributed by atoms with Crippen molar-refractivity contribution in [1.82, 2.24) is 10.2 Å². The first-order valence-corrected chi connectivity index (χ1v) is 9.82. The molecule has 0 aromatic heterocycles. The second kappa shape index (κ2) is 7.25. The molecule has 4 amide bonds. The molecule has 0 bridgehead atoms. The zero-order valence-corrected chi connectivity index (χ0v) is 16.4. The molecule has 1 aliphatic carbocycles. The van der Waals surface area contributed by atoms with Crippen molar-refractivity contribution >= 4 is 40.8 Å². The van der Waals surface area contributed by atoms with Gasteiger partial charge in [0.15, 0.2) is 0 Å². The van der Waals surface area contributed by atoms with Gasteiger partial charge in [0.05, 0.1) is 24.6 Å². The largest absolute Gasteiger partial charge is 0.378 e. The third-order valence-electron chi connectivity index (χ3n) is 5.58. The molecular formula is C19H23ClN4O4. The number of urea groups is 1. The fraction of sp³-hybridized carbons (Fsp3) is 0.526. The van der Waals surface area contributed by atoms with E-state index in [1.165, 1.54) is 0 Å². The van der Waals surface area contributed by atoms with Crippen LogP contribution >= 0.6 is 11.6 Å². The molecule has 9 heteroatoms. The van der Waals surface area contributed by atoms with E-state index in [4.69, 9.17) is 16.3 Å². The van der Waals surface area contributed by atoms with Gasteiger partial charge in [0.2, 0.25) is 5.91 Å². The lowest BCUT2D eigenvalue weighted by Crippen LogP contribution is -2.46. The van der Waals surface area contributed by atoms with Crippen molar-refractivity contribution < 1.29 is 19.1 Å². The first kappa shape index (κ1) is 19.0. The Morgan fingerprint density at radius 1 is 1.32 bits per heavy atom. The Bertz CT molecular complexity index is 822. The normalized spacial score (nSPS) is 25.1. The van der Waals surface area contributed by atoms with Gasteiger partial charge in [0.25, 0.3) is 5.91 Å². The van der Waals surface area contributed by atoms with E-state index < -0.39 is 17.5 Å². The topological polar surface area (TPSA) is 91.0 Å². The maximum Gasteiger partial charge on any atom is 0.325 e. The van der Waals surface area contributed by atoms with Crippen LogP contribution in [0.15, 0.2) is 18.2 Å². The van der Waals surface area contributed by atoms with Crippen LogP contribution in [0, 0.1) is 5.92 Å². The highest BCUT2D eigenvalue weighted by molar-refractivity contribution is 6.31. The summed E-state index contributed by atoms with van der Waals surface area (Å²) in [5, 5.41) is 6.05. The second-order valence-electron chi connectivity index (χ2n) is 7.61. The van der Waals surface area contributed by atoms with Crippen LogP contribution in [0.3, 0.4) is 0 Å². The van der Waals surface area contributed by atoms with Crippen LogP contribution in [-0.4, -0.2) is 61.1 Å². The summed E-state index contributed by atoms with van der Waals surface area (Å²) in [4.78, 5) is 40.7. The van der Waals surface area contributed by atoms with Gasteiger partial charge < -0.3 is 20.3 Å².